The van der Waals surface area contributed by atoms with Gasteiger partial charge in [0.15, 0.2) is 0 Å². The molecule has 1 saturated carbocycles. The number of hydrogen-bond donors (Lipinski definition) is 1. The zero-order valence-corrected chi connectivity index (χ0v) is 10.3. The van der Waals surface area contributed by atoms with Crippen LogP contribution in [0.15, 0.2) is 10.5 Å². The summed E-state index contributed by atoms with van der Waals surface area (Å²) in [5.41, 5.74) is 6.76. The van der Waals surface area contributed by atoms with E-state index in [0.717, 1.165) is 29.5 Å². The Kier molecular flexibility index (Phi) is 3.66. The topological polar surface area (TPSA) is 42.4 Å². The van der Waals surface area contributed by atoms with Crippen LogP contribution in [0.5, 0.6) is 0 Å². The summed E-state index contributed by atoms with van der Waals surface area (Å²) in [6, 6.07) is 2.09. The summed E-state index contributed by atoms with van der Waals surface area (Å²) in [6.07, 6.45) is 4.21. The summed E-state index contributed by atoms with van der Waals surface area (Å²) in [4.78, 5) is 2.35. The lowest BCUT2D eigenvalue weighted by Crippen LogP contribution is -2.28. The van der Waals surface area contributed by atoms with Gasteiger partial charge in [-0.15, -0.1) is 0 Å². The van der Waals surface area contributed by atoms with Crippen LogP contribution in [0.1, 0.15) is 36.3 Å². The Morgan fingerprint density at radius 2 is 2.25 bits per heavy atom. The Bertz CT molecular complexity index is 342. The fourth-order valence-corrected chi connectivity index (χ4v) is 2.31. The minimum absolute atomic E-state index is 0.571. The lowest BCUT2D eigenvalue weighted by Gasteiger charge is -2.29. The number of aryl methyl sites for hydroxylation is 1. The van der Waals surface area contributed by atoms with E-state index < -0.39 is 0 Å². The lowest BCUT2D eigenvalue weighted by molar-refractivity contribution is 0.190. The molecule has 0 aromatic carbocycles. The van der Waals surface area contributed by atoms with Crippen molar-refractivity contribution in [2.75, 3.05) is 13.6 Å². The summed E-state index contributed by atoms with van der Waals surface area (Å²) in [6.45, 7) is 4.65. The van der Waals surface area contributed by atoms with Gasteiger partial charge in [-0.3, -0.25) is 4.90 Å². The van der Waals surface area contributed by atoms with Crippen LogP contribution in [-0.4, -0.2) is 18.5 Å². The second-order valence-corrected chi connectivity index (χ2v) is 4.99. The molecule has 1 aromatic heterocycles. The molecule has 3 heteroatoms. The molecule has 1 heterocycles. The van der Waals surface area contributed by atoms with E-state index in [1.165, 1.54) is 25.8 Å². The first-order valence-corrected chi connectivity index (χ1v) is 6.16. The predicted molar refractivity (Wildman–Crippen MR) is 65.0 cm³/mol. The van der Waals surface area contributed by atoms with E-state index in [1.807, 2.05) is 6.92 Å². The van der Waals surface area contributed by atoms with Crippen LogP contribution in [0.4, 0.5) is 0 Å². The number of nitrogens with zero attached hydrogens (tertiary/aromatic N) is 1. The zero-order valence-electron chi connectivity index (χ0n) is 10.3. The van der Waals surface area contributed by atoms with E-state index in [2.05, 4.69) is 18.0 Å². The molecule has 0 radical (unpaired) electrons. The Morgan fingerprint density at radius 1 is 1.50 bits per heavy atom. The van der Waals surface area contributed by atoms with Crippen molar-refractivity contribution in [1.29, 1.82) is 0 Å². The fourth-order valence-electron chi connectivity index (χ4n) is 2.31. The van der Waals surface area contributed by atoms with E-state index >= 15 is 0 Å². The SMILES string of the molecule is Cc1oc(CN(C)CC2CCC2)cc1CN. The Morgan fingerprint density at radius 3 is 2.75 bits per heavy atom. The molecule has 3 nitrogen and oxygen atoms in total. The van der Waals surface area contributed by atoms with Crippen LogP contribution in [0.25, 0.3) is 0 Å². The third kappa shape index (κ3) is 2.66. The Hall–Kier alpha value is -0.800. The van der Waals surface area contributed by atoms with Gasteiger partial charge in [0.05, 0.1) is 6.54 Å². The fraction of sp³-hybridized carbons (Fsp3) is 0.692. The first-order chi connectivity index (χ1) is 7.69. The molecule has 1 fully saturated rings. The summed E-state index contributed by atoms with van der Waals surface area (Å²) >= 11 is 0. The molecule has 0 amide bonds. The first kappa shape index (κ1) is 11.7. The van der Waals surface area contributed by atoms with E-state index in [0.29, 0.717) is 6.54 Å². The molecular formula is C13H22N2O. The lowest BCUT2D eigenvalue weighted by atomic mass is 9.85. The minimum Gasteiger partial charge on any atom is -0.465 e. The molecular weight excluding hydrogens is 200 g/mol. The van der Waals surface area contributed by atoms with Crippen molar-refractivity contribution in [3.05, 3.63) is 23.2 Å². The van der Waals surface area contributed by atoms with Gasteiger partial charge in [0.2, 0.25) is 0 Å². The van der Waals surface area contributed by atoms with Crippen LogP contribution >= 0.6 is 0 Å². The molecule has 1 aliphatic rings. The predicted octanol–water partition coefficient (Wildman–Crippen LogP) is 2.28. The molecule has 2 rings (SSSR count). The van der Waals surface area contributed by atoms with Crippen LogP contribution in [0.2, 0.25) is 0 Å². The monoisotopic (exact) mass is 222 g/mol. The van der Waals surface area contributed by atoms with Gasteiger partial charge in [-0.25, -0.2) is 0 Å². The van der Waals surface area contributed by atoms with E-state index in [4.69, 9.17) is 10.2 Å². The summed E-state index contributed by atoms with van der Waals surface area (Å²) in [7, 11) is 2.16. The molecule has 1 aromatic rings. The highest BCUT2D eigenvalue weighted by atomic mass is 16.3. The largest absolute Gasteiger partial charge is 0.465 e. The van der Waals surface area contributed by atoms with Crippen LogP contribution < -0.4 is 5.73 Å². The molecule has 0 aliphatic heterocycles. The zero-order chi connectivity index (χ0) is 11.5. The molecule has 2 N–H and O–H groups in total. The second kappa shape index (κ2) is 5.02. The highest BCUT2D eigenvalue weighted by Crippen LogP contribution is 2.27. The standard InChI is InChI=1S/C13H22N2O/c1-10-12(7-14)6-13(16-10)9-15(2)8-11-4-3-5-11/h6,11H,3-5,7-9,14H2,1-2H3. The molecule has 16 heavy (non-hydrogen) atoms. The molecule has 0 spiro atoms. The number of furan rings is 1. The number of nitrogens with two attached hydrogens (primary N) is 1. The molecule has 0 atom stereocenters. The van der Waals surface area contributed by atoms with E-state index in [-0.39, 0.29) is 0 Å². The third-order valence-electron chi connectivity index (χ3n) is 3.51. The maximum Gasteiger partial charge on any atom is 0.118 e. The van der Waals surface area contributed by atoms with Gasteiger partial charge >= 0.3 is 0 Å². The van der Waals surface area contributed by atoms with Crippen molar-refractivity contribution in [1.82, 2.24) is 4.90 Å². The van der Waals surface area contributed by atoms with Crippen molar-refractivity contribution >= 4 is 0 Å². The number of hydrogen-bond acceptors (Lipinski definition) is 3. The van der Waals surface area contributed by atoms with Gasteiger partial charge < -0.3 is 10.2 Å². The summed E-state index contributed by atoms with van der Waals surface area (Å²) in [5.74, 6) is 2.92. The van der Waals surface area contributed by atoms with Crippen molar-refractivity contribution < 1.29 is 4.42 Å². The highest BCUT2D eigenvalue weighted by Gasteiger charge is 2.19. The van der Waals surface area contributed by atoms with Crippen molar-refractivity contribution in [3.63, 3.8) is 0 Å². The molecule has 1 aliphatic carbocycles. The maximum absolute atomic E-state index is 5.69. The number of rotatable bonds is 5. The van der Waals surface area contributed by atoms with Gasteiger partial charge in [-0.05, 0) is 38.8 Å². The van der Waals surface area contributed by atoms with E-state index in [1.54, 1.807) is 0 Å². The molecule has 0 saturated heterocycles. The van der Waals surface area contributed by atoms with E-state index in [9.17, 15) is 0 Å². The Labute approximate surface area is 97.6 Å². The van der Waals surface area contributed by atoms with Crippen molar-refractivity contribution in [2.45, 2.75) is 39.3 Å². The van der Waals surface area contributed by atoms with Crippen LogP contribution in [0, 0.1) is 12.8 Å². The van der Waals surface area contributed by atoms with Gasteiger partial charge in [-0.2, -0.15) is 0 Å². The maximum atomic E-state index is 5.69. The van der Waals surface area contributed by atoms with Crippen LogP contribution in [0.3, 0.4) is 0 Å². The first-order valence-electron chi connectivity index (χ1n) is 6.16. The summed E-state index contributed by atoms with van der Waals surface area (Å²) < 4.78 is 5.69. The average Bonchev–Trinajstić information content (AvgIpc) is 2.52. The minimum atomic E-state index is 0.571. The molecule has 90 valence electrons. The third-order valence-corrected chi connectivity index (χ3v) is 3.51. The molecule has 0 bridgehead atoms. The average molecular weight is 222 g/mol. The van der Waals surface area contributed by atoms with Crippen LogP contribution in [-0.2, 0) is 13.1 Å². The van der Waals surface area contributed by atoms with Gasteiger partial charge in [-0.1, -0.05) is 6.42 Å². The highest BCUT2D eigenvalue weighted by molar-refractivity contribution is 5.20. The second-order valence-electron chi connectivity index (χ2n) is 4.99. The van der Waals surface area contributed by atoms with Gasteiger partial charge in [0, 0.05) is 18.7 Å². The van der Waals surface area contributed by atoms with Crippen molar-refractivity contribution in [2.24, 2.45) is 11.7 Å². The van der Waals surface area contributed by atoms with Crippen molar-refractivity contribution in [3.8, 4) is 0 Å². The normalized spacial score (nSPS) is 16.8. The smallest absolute Gasteiger partial charge is 0.118 e. The molecule has 0 unspecified atom stereocenters. The van der Waals surface area contributed by atoms with Gasteiger partial charge in [0.25, 0.3) is 0 Å². The Balaban J connectivity index is 1.86. The summed E-state index contributed by atoms with van der Waals surface area (Å²) in [5, 5.41) is 0. The quantitative estimate of drug-likeness (QED) is 0.831. The van der Waals surface area contributed by atoms with Gasteiger partial charge in [0.1, 0.15) is 11.5 Å².